The molecule has 0 bridgehead atoms. The smallest absolute Gasteiger partial charge is 0.213 e. The molecule has 20 heavy (non-hydrogen) atoms. The van der Waals surface area contributed by atoms with E-state index in [-0.39, 0.29) is 5.92 Å². The minimum atomic E-state index is 0.227. The highest BCUT2D eigenvalue weighted by Crippen LogP contribution is 2.21. The average molecular weight is 275 g/mol. The highest BCUT2D eigenvalue weighted by molar-refractivity contribution is 5.54. The summed E-state index contributed by atoms with van der Waals surface area (Å²) in [4.78, 5) is 13.1. The molecule has 0 radical (unpaired) electrons. The maximum atomic E-state index is 5.93. The third-order valence-electron chi connectivity index (χ3n) is 3.20. The summed E-state index contributed by atoms with van der Waals surface area (Å²) in [5.74, 6) is 3.67. The molecule has 3 N–H and O–H groups in total. The van der Waals surface area contributed by atoms with Gasteiger partial charge in [-0.05, 0) is 20.8 Å². The van der Waals surface area contributed by atoms with Crippen LogP contribution in [0, 0.1) is 20.8 Å². The van der Waals surface area contributed by atoms with E-state index in [2.05, 4.69) is 20.3 Å². The monoisotopic (exact) mass is 275 g/mol. The predicted molar refractivity (Wildman–Crippen MR) is 78.6 cm³/mol. The van der Waals surface area contributed by atoms with Crippen molar-refractivity contribution in [3.05, 3.63) is 28.7 Å². The summed E-state index contributed by atoms with van der Waals surface area (Å²) < 4.78 is 5.54. The Morgan fingerprint density at radius 2 is 1.85 bits per heavy atom. The Morgan fingerprint density at radius 3 is 2.40 bits per heavy atom. The molecule has 0 atom stereocenters. The van der Waals surface area contributed by atoms with Gasteiger partial charge >= 0.3 is 0 Å². The second kappa shape index (κ2) is 5.48. The van der Waals surface area contributed by atoms with Crippen molar-refractivity contribution in [3.63, 3.8) is 0 Å². The normalized spacial score (nSPS) is 11.1. The van der Waals surface area contributed by atoms with E-state index in [4.69, 9.17) is 10.2 Å². The van der Waals surface area contributed by atoms with Crippen molar-refractivity contribution >= 4 is 11.6 Å². The van der Waals surface area contributed by atoms with Crippen molar-refractivity contribution in [3.8, 4) is 0 Å². The number of oxazole rings is 1. The Morgan fingerprint density at radius 1 is 1.15 bits per heavy atom. The van der Waals surface area contributed by atoms with Crippen LogP contribution >= 0.6 is 0 Å². The van der Waals surface area contributed by atoms with Crippen molar-refractivity contribution in [2.45, 2.75) is 47.1 Å². The van der Waals surface area contributed by atoms with Crippen LogP contribution < -0.4 is 11.1 Å². The van der Waals surface area contributed by atoms with Gasteiger partial charge in [-0.25, -0.2) is 15.0 Å². The summed E-state index contributed by atoms with van der Waals surface area (Å²) in [6.45, 7) is 10.3. The molecule has 2 aromatic rings. The molecule has 6 nitrogen and oxygen atoms in total. The second-order valence-electron chi connectivity index (χ2n) is 5.20. The number of aromatic nitrogens is 3. The summed E-state index contributed by atoms with van der Waals surface area (Å²) in [5.41, 5.74) is 7.67. The maximum absolute atomic E-state index is 5.93. The Labute approximate surface area is 118 Å². The van der Waals surface area contributed by atoms with Gasteiger partial charge in [0.15, 0.2) is 0 Å². The SMILES string of the molecule is Cc1nc(CNc2nc(C(C)C)nc(N)c2C)oc1C. The van der Waals surface area contributed by atoms with Crippen molar-refractivity contribution in [1.29, 1.82) is 0 Å². The molecule has 0 unspecified atom stereocenters. The number of nitrogens with zero attached hydrogens (tertiary/aromatic N) is 3. The van der Waals surface area contributed by atoms with E-state index in [0.29, 0.717) is 18.3 Å². The van der Waals surface area contributed by atoms with Gasteiger partial charge in [0.05, 0.1) is 12.2 Å². The van der Waals surface area contributed by atoms with E-state index in [1.807, 2.05) is 34.6 Å². The number of anilines is 2. The van der Waals surface area contributed by atoms with Crippen LogP contribution in [0.1, 0.15) is 48.5 Å². The Bertz CT molecular complexity index is 599. The van der Waals surface area contributed by atoms with Gasteiger partial charge < -0.3 is 15.5 Å². The highest BCUT2D eigenvalue weighted by atomic mass is 16.4. The summed E-state index contributed by atoms with van der Waals surface area (Å²) in [7, 11) is 0. The maximum Gasteiger partial charge on any atom is 0.213 e. The summed E-state index contributed by atoms with van der Waals surface area (Å²) in [5, 5.41) is 3.22. The first-order chi connectivity index (χ1) is 9.38. The van der Waals surface area contributed by atoms with E-state index in [9.17, 15) is 0 Å². The molecule has 108 valence electrons. The molecule has 0 aliphatic heterocycles. The zero-order chi connectivity index (χ0) is 14.9. The van der Waals surface area contributed by atoms with E-state index in [1.165, 1.54) is 0 Å². The van der Waals surface area contributed by atoms with Crippen LogP contribution in [0.2, 0.25) is 0 Å². The first kappa shape index (κ1) is 14.3. The van der Waals surface area contributed by atoms with Crippen molar-refractivity contribution in [1.82, 2.24) is 15.0 Å². The average Bonchev–Trinajstić information content (AvgIpc) is 2.70. The zero-order valence-electron chi connectivity index (χ0n) is 12.6. The molecular formula is C14H21N5O. The third kappa shape index (κ3) is 2.89. The topological polar surface area (TPSA) is 89.9 Å². The van der Waals surface area contributed by atoms with Crippen molar-refractivity contribution in [2.75, 3.05) is 11.1 Å². The van der Waals surface area contributed by atoms with Gasteiger partial charge in [-0.3, -0.25) is 0 Å². The molecule has 0 aromatic carbocycles. The van der Waals surface area contributed by atoms with Gasteiger partial charge in [-0.1, -0.05) is 13.8 Å². The third-order valence-corrected chi connectivity index (χ3v) is 3.20. The first-order valence-corrected chi connectivity index (χ1v) is 6.69. The number of aryl methyl sites for hydroxylation is 2. The lowest BCUT2D eigenvalue weighted by molar-refractivity contribution is 0.478. The van der Waals surface area contributed by atoms with Gasteiger partial charge in [-0.15, -0.1) is 0 Å². The van der Waals surface area contributed by atoms with Crippen LogP contribution in [-0.2, 0) is 6.54 Å². The largest absolute Gasteiger partial charge is 0.444 e. The van der Waals surface area contributed by atoms with Gasteiger partial charge in [0, 0.05) is 11.5 Å². The van der Waals surface area contributed by atoms with Crippen LogP contribution in [0.3, 0.4) is 0 Å². The molecular weight excluding hydrogens is 254 g/mol. The number of hydrogen-bond acceptors (Lipinski definition) is 6. The lowest BCUT2D eigenvalue weighted by Crippen LogP contribution is -2.10. The zero-order valence-corrected chi connectivity index (χ0v) is 12.6. The summed E-state index contributed by atoms with van der Waals surface area (Å²) >= 11 is 0. The van der Waals surface area contributed by atoms with Crippen LogP contribution in [-0.4, -0.2) is 15.0 Å². The molecule has 2 aromatic heterocycles. The van der Waals surface area contributed by atoms with Crippen molar-refractivity contribution in [2.24, 2.45) is 0 Å². The molecule has 0 amide bonds. The molecule has 0 spiro atoms. The van der Waals surface area contributed by atoms with E-state index in [0.717, 1.165) is 28.7 Å². The van der Waals surface area contributed by atoms with Crippen molar-refractivity contribution < 1.29 is 4.42 Å². The lowest BCUT2D eigenvalue weighted by atomic mass is 10.2. The summed E-state index contributed by atoms with van der Waals surface area (Å²) in [6.07, 6.45) is 0. The standard InChI is InChI=1S/C14H21N5O/c1-7(2)13-18-12(15)8(3)14(19-13)16-6-11-17-9(4)10(5)20-11/h7H,6H2,1-5H3,(H3,15,16,18,19). The fourth-order valence-corrected chi connectivity index (χ4v) is 1.76. The van der Waals surface area contributed by atoms with Crippen LogP contribution in [0.15, 0.2) is 4.42 Å². The number of rotatable bonds is 4. The fourth-order valence-electron chi connectivity index (χ4n) is 1.76. The highest BCUT2D eigenvalue weighted by Gasteiger charge is 2.12. The molecule has 0 aliphatic carbocycles. The minimum Gasteiger partial charge on any atom is -0.444 e. The molecule has 6 heteroatoms. The molecule has 0 fully saturated rings. The number of nitrogen functional groups attached to an aromatic ring is 1. The van der Waals surface area contributed by atoms with Gasteiger partial charge in [-0.2, -0.15) is 0 Å². The molecule has 2 heterocycles. The Balaban J connectivity index is 2.20. The van der Waals surface area contributed by atoms with Crippen LogP contribution in [0.25, 0.3) is 0 Å². The number of nitrogens with two attached hydrogens (primary N) is 1. The minimum absolute atomic E-state index is 0.227. The Kier molecular flexibility index (Phi) is 3.92. The number of hydrogen-bond donors (Lipinski definition) is 2. The van der Waals surface area contributed by atoms with Gasteiger partial charge in [0.2, 0.25) is 5.89 Å². The first-order valence-electron chi connectivity index (χ1n) is 6.69. The molecule has 0 saturated heterocycles. The Hall–Kier alpha value is -2.11. The van der Waals surface area contributed by atoms with Gasteiger partial charge in [0.1, 0.15) is 23.2 Å². The fraction of sp³-hybridized carbons (Fsp3) is 0.500. The van der Waals surface area contributed by atoms with E-state index >= 15 is 0 Å². The molecule has 2 rings (SSSR count). The van der Waals surface area contributed by atoms with Crippen LogP contribution in [0.4, 0.5) is 11.6 Å². The quantitative estimate of drug-likeness (QED) is 0.891. The predicted octanol–water partition coefficient (Wildman–Crippen LogP) is 2.71. The van der Waals surface area contributed by atoms with E-state index in [1.54, 1.807) is 0 Å². The van der Waals surface area contributed by atoms with E-state index < -0.39 is 0 Å². The van der Waals surface area contributed by atoms with Crippen LogP contribution in [0.5, 0.6) is 0 Å². The number of nitrogens with one attached hydrogen (secondary N) is 1. The second-order valence-corrected chi connectivity index (χ2v) is 5.20. The molecule has 0 saturated carbocycles. The summed E-state index contributed by atoms with van der Waals surface area (Å²) in [6, 6.07) is 0. The molecule has 0 aliphatic rings. The lowest BCUT2D eigenvalue weighted by Gasteiger charge is -2.12. The van der Waals surface area contributed by atoms with Gasteiger partial charge in [0.25, 0.3) is 0 Å².